The first-order valence-electron chi connectivity index (χ1n) is 7.23. The Morgan fingerprint density at radius 3 is 2.75 bits per heavy atom. The highest BCUT2D eigenvalue weighted by molar-refractivity contribution is 5.18. The van der Waals surface area contributed by atoms with Crippen molar-refractivity contribution in [3.8, 4) is 0 Å². The van der Waals surface area contributed by atoms with Crippen LogP contribution < -0.4 is 5.32 Å². The Bertz CT molecular complexity index is 470. The van der Waals surface area contributed by atoms with Gasteiger partial charge < -0.3 is 15.0 Å². The molecular formula is C16H23N3O. The minimum atomic E-state index is -0.450. The molecule has 2 rings (SSSR count). The maximum absolute atomic E-state index is 10.4. The van der Waals surface area contributed by atoms with Crippen molar-refractivity contribution < 1.29 is 5.11 Å². The molecule has 0 spiro atoms. The average molecular weight is 273 g/mol. The maximum atomic E-state index is 10.4. The summed E-state index contributed by atoms with van der Waals surface area (Å²) in [7, 11) is 0. The number of nitrogens with zero attached hydrogens (tertiary/aromatic N) is 2. The van der Waals surface area contributed by atoms with Gasteiger partial charge in [-0.1, -0.05) is 37.3 Å². The zero-order valence-corrected chi connectivity index (χ0v) is 11.9. The summed E-state index contributed by atoms with van der Waals surface area (Å²) >= 11 is 0. The number of aliphatic hydroxyl groups excluding tert-OH is 1. The summed E-state index contributed by atoms with van der Waals surface area (Å²) in [5, 5.41) is 13.8. The molecule has 2 aromatic rings. The molecule has 2 N–H and O–H groups in total. The molecule has 0 aliphatic rings. The van der Waals surface area contributed by atoms with E-state index >= 15 is 0 Å². The van der Waals surface area contributed by atoms with Gasteiger partial charge in [0, 0.05) is 25.0 Å². The van der Waals surface area contributed by atoms with Crippen molar-refractivity contribution in [2.24, 2.45) is 0 Å². The van der Waals surface area contributed by atoms with Crippen molar-refractivity contribution in [3.63, 3.8) is 0 Å². The fourth-order valence-electron chi connectivity index (χ4n) is 2.33. The van der Waals surface area contributed by atoms with Crippen LogP contribution in [0.5, 0.6) is 0 Å². The van der Waals surface area contributed by atoms with E-state index in [2.05, 4.69) is 21.8 Å². The zero-order chi connectivity index (χ0) is 14.2. The number of aromatic nitrogens is 2. The van der Waals surface area contributed by atoms with Gasteiger partial charge in [-0.3, -0.25) is 0 Å². The Hall–Kier alpha value is -1.65. The Morgan fingerprint density at radius 2 is 2.10 bits per heavy atom. The van der Waals surface area contributed by atoms with Crippen LogP contribution in [-0.2, 0) is 6.54 Å². The van der Waals surface area contributed by atoms with Crippen molar-refractivity contribution in [2.45, 2.75) is 38.5 Å². The Labute approximate surface area is 120 Å². The molecule has 4 nitrogen and oxygen atoms in total. The molecule has 0 fully saturated rings. The SMILES string of the molecule is CCC(NCCCn1ccnc1)C(O)c1ccccc1. The van der Waals surface area contributed by atoms with Crippen LogP contribution in [0.4, 0.5) is 0 Å². The van der Waals surface area contributed by atoms with Crippen LogP contribution in [0.3, 0.4) is 0 Å². The van der Waals surface area contributed by atoms with Gasteiger partial charge in [0.15, 0.2) is 0 Å². The third-order valence-corrected chi connectivity index (χ3v) is 3.52. The number of imidazole rings is 1. The van der Waals surface area contributed by atoms with Gasteiger partial charge in [-0.2, -0.15) is 0 Å². The molecule has 4 heteroatoms. The standard InChI is InChI=1S/C16H23N3O/c1-2-15(16(20)14-7-4-3-5-8-14)18-9-6-11-19-12-10-17-13-19/h3-5,7-8,10,12-13,15-16,18,20H,2,6,9,11H2,1H3. The van der Waals surface area contributed by atoms with Gasteiger partial charge in [-0.25, -0.2) is 4.98 Å². The minimum absolute atomic E-state index is 0.0974. The van der Waals surface area contributed by atoms with E-state index in [1.165, 1.54) is 0 Å². The summed E-state index contributed by atoms with van der Waals surface area (Å²) < 4.78 is 2.07. The lowest BCUT2D eigenvalue weighted by Crippen LogP contribution is -2.35. The number of rotatable bonds is 8. The normalized spacial score (nSPS) is 14.1. The second-order valence-electron chi connectivity index (χ2n) is 4.98. The van der Waals surface area contributed by atoms with Gasteiger partial charge in [0.2, 0.25) is 0 Å². The summed E-state index contributed by atoms with van der Waals surface area (Å²) in [6.45, 7) is 3.94. The fourth-order valence-corrected chi connectivity index (χ4v) is 2.33. The third-order valence-electron chi connectivity index (χ3n) is 3.52. The number of aliphatic hydroxyl groups is 1. The molecule has 2 unspecified atom stereocenters. The van der Waals surface area contributed by atoms with Gasteiger partial charge in [-0.15, -0.1) is 0 Å². The smallest absolute Gasteiger partial charge is 0.0945 e. The monoisotopic (exact) mass is 273 g/mol. The molecule has 108 valence electrons. The Kier molecular flexibility index (Phi) is 5.77. The molecular weight excluding hydrogens is 250 g/mol. The van der Waals surface area contributed by atoms with Crippen LogP contribution in [0.25, 0.3) is 0 Å². The lowest BCUT2D eigenvalue weighted by molar-refractivity contribution is 0.126. The van der Waals surface area contributed by atoms with Crippen LogP contribution in [0.2, 0.25) is 0 Å². The third kappa shape index (κ3) is 4.18. The quantitative estimate of drug-likeness (QED) is 0.726. The Morgan fingerprint density at radius 1 is 1.30 bits per heavy atom. The first kappa shape index (κ1) is 14.8. The van der Waals surface area contributed by atoms with Crippen molar-refractivity contribution in [2.75, 3.05) is 6.54 Å². The van der Waals surface area contributed by atoms with E-state index in [4.69, 9.17) is 0 Å². The summed E-state index contributed by atoms with van der Waals surface area (Å²) in [4.78, 5) is 4.02. The average Bonchev–Trinajstić information content (AvgIpc) is 3.01. The maximum Gasteiger partial charge on any atom is 0.0945 e. The molecule has 1 aromatic carbocycles. The van der Waals surface area contributed by atoms with E-state index in [0.717, 1.165) is 31.5 Å². The molecule has 1 heterocycles. The van der Waals surface area contributed by atoms with Crippen LogP contribution in [0.1, 0.15) is 31.4 Å². The molecule has 0 amide bonds. The first-order valence-corrected chi connectivity index (χ1v) is 7.23. The lowest BCUT2D eigenvalue weighted by atomic mass is 10.0. The van der Waals surface area contributed by atoms with Gasteiger partial charge in [-0.05, 0) is 24.9 Å². The second kappa shape index (κ2) is 7.82. The number of aryl methyl sites for hydroxylation is 1. The fraction of sp³-hybridized carbons (Fsp3) is 0.438. The van der Waals surface area contributed by atoms with E-state index in [0.29, 0.717) is 0 Å². The van der Waals surface area contributed by atoms with Crippen LogP contribution in [0.15, 0.2) is 49.1 Å². The summed E-state index contributed by atoms with van der Waals surface area (Å²) in [6, 6.07) is 9.94. The summed E-state index contributed by atoms with van der Waals surface area (Å²) in [6.07, 6.45) is 7.07. The molecule has 0 radical (unpaired) electrons. The number of benzene rings is 1. The number of hydrogen-bond acceptors (Lipinski definition) is 3. The molecule has 20 heavy (non-hydrogen) atoms. The molecule has 0 saturated carbocycles. The number of hydrogen-bond donors (Lipinski definition) is 2. The van der Waals surface area contributed by atoms with Gasteiger partial charge in [0.25, 0.3) is 0 Å². The lowest BCUT2D eigenvalue weighted by Gasteiger charge is -2.23. The van der Waals surface area contributed by atoms with E-state index in [1.54, 1.807) is 6.20 Å². The first-order chi connectivity index (χ1) is 9.81. The van der Waals surface area contributed by atoms with Crippen molar-refractivity contribution >= 4 is 0 Å². The molecule has 0 aliphatic carbocycles. The van der Waals surface area contributed by atoms with Crippen molar-refractivity contribution in [3.05, 3.63) is 54.6 Å². The highest BCUT2D eigenvalue weighted by atomic mass is 16.3. The van der Waals surface area contributed by atoms with Crippen molar-refractivity contribution in [1.82, 2.24) is 14.9 Å². The molecule has 0 aliphatic heterocycles. The van der Waals surface area contributed by atoms with Gasteiger partial charge in [0.05, 0.1) is 12.4 Å². The molecule has 2 atom stereocenters. The molecule has 0 bridgehead atoms. The predicted octanol–water partition coefficient (Wildman–Crippen LogP) is 2.38. The molecule has 1 aromatic heterocycles. The Balaban J connectivity index is 1.77. The highest BCUT2D eigenvalue weighted by Gasteiger charge is 2.17. The predicted molar refractivity (Wildman–Crippen MR) is 80.3 cm³/mol. The van der Waals surface area contributed by atoms with E-state index in [9.17, 15) is 5.11 Å². The largest absolute Gasteiger partial charge is 0.387 e. The minimum Gasteiger partial charge on any atom is -0.387 e. The van der Waals surface area contributed by atoms with Crippen molar-refractivity contribution in [1.29, 1.82) is 0 Å². The second-order valence-corrected chi connectivity index (χ2v) is 4.98. The van der Waals surface area contributed by atoms with E-state index in [-0.39, 0.29) is 6.04 Å². The van der Waals surface area contributed by atoms with Gasteiger partial charge >= 0.3 is 0 Å². The van der Waals surface area contributed by atoms with E-state index in [1.807, 2.05) is 42.9 Å². The van der Waals surface area contributed by atoms with Crippen LogP contribution >= 0.6 is 0 Å². The summed E-state index contributed by atoms with van der Waals surface area (Å²) in [5.41, 5.74) is 0.974. The molecule has 0 saturated heterocycles. The highest BCUT2D eigenvalue weighted by Crippen LogP contribution is 2.18. The van der Waals surface area contributed by atoms with Gasteiger partial charge in [0.1, 0.15) is 0 Å². The van der Waals surface area contributed by atoms with E-state index < -0.39 is 6.10 Å². The van der Waals surface area contributed by atoms with Crippen LogP contribution in [0, 0.1) is 0 Å². The topological polar surface area (TPSA) is 50.1 Å². The summed E-state index contributed by atoms with van der Waals surface area (Å²) in [5.74, 6) is 0. The zero-order valence-electron chi connectivity index (χ0n) is 11.9. The van der Waals surface area contributed by atoms with Crippen LogP contribution in [-0.4, -0.2) is 27.2 Å². The number of nitrogens with one attached hydrogen (secondary N) is 1.